The molecule has 0 spiro atoms. The number of carbonyl (C=O) groups is 4. The second kappa shape index (κ2) is 24.3. The number of amides is 2. The number of aromatic nitrogens is 4. The Hall–Kier alpha value is -7.01. The number of esters is 2. The van der Waals surface area contributed by atoms with Gasteiger partial charge in [-0.2, -0.15) is 14.9 Å². The van der Waals surface area contributed by atoms with Crippen molar-refractivity contribution in [2.45, 2.75) is 65.8 Å². The Kier molecular flexibility index (Phi) is 18.1. The molecule has 2 fully saturated rings. The third kappa shape index (κ3) is 17.2. The molecule has 2 aliphatic rings. The Labute approximate surface area is 408 Å². The van der Waals surface area contributed by atoms with Crippen molar-refractivity contribution in [3.05, 3.63) is 156 Å². The zero-order chi connectivity index (χ0) is 49.4. The SMILES string of the molecule is CC(C)(C)OC(=O)c1ccn(C(=O)N2CCN(Cc3cccc(Oc4ccccc4)c3)CC2)n1.CC(C)(C)OC(=O)c1ccn[nH]1.O=C(Cl)N1CCN(Cc2cccc(Oc3ccccc3)c2)CC1. The summed E-state index contributed by atoms with van der Waals surface area (Å²) in [7, 11) is 0. The Morgan fingerprint density at radius 1 is 0.565 bits per heavy atom. The van der Waals surface area contributed by atoms with E-state index in [-0.39, 0.29) is 23.1 Å². The lowest BCUT2D eigenvalue weighted by Gasteiger charge is -2.34. The first-order valence-electron chi connectivity index (χ1n) is 22.8. The number of hydrogen-bond donors (Lipinski definition) is 1. The van der Waals surface area contributed by atoms with Crippen LogP contribution >= 0.6 is 11.6 Å². The van der Waals surface area contributed by atoms with Crippen LogP contribution in [0.1, 0.15) is 73.6 Å². The summed E-state index contributed by atoms with van der Waals surface area (Å²) in [6.45, 7) is 18.2. The van der Waals surface area contributed by atoms with Crippen molar-refractivity contribution in [1.29, 1.82) is 0 Å². The predicted octanol–water partition coefficient (Wildman–Crippen LogP) is 9.74. The van der Waals surface area contributed by atoms with Crippen molar-refractivity contribution in [3.63, 3.8) is 0 Å². The van der Waals surface area contributed by atoms with E-state index >= 15 is 0 Å². The van der Waals surface area contributed by atoms with Crippen LogP contribution in [0.5, 0.6) is 23.0 Å². The Balaban J connectivity index is 0.000000191. The van der Waals surface area contributed by atoms with Crippen LogP contribution in [0.25, 0.3) is 0 Å². The number of piperazine rings is 2. The number of para-hydroxylation sites is 2. The fourth-order valence-corrected chi connectivity index (χ4v) is 7.25. The van der Waals surface area contributed by atoms with Crippen LogP contribution in [-0.4, -0.2) is 126 Å². The average molecular weight is 962 g/mol. The molecule has 69 heavy (non-hydrogen) atoms. The van der Waals surface area contributed by atoms with Gasteiger partial charge in [-0.25, -0.2) is 14.4 Å². The monoisotopic (exact) mass is 960 g/mol. The first-order chi connectivity index (χ1) is 33.0. The van der Waals surface area contributed by atoms with Gasteiger partial charge in [0.15, 0.2) is 5.69 Å². The number of ether oxygens (including phenoxy) is 4. The fourth-order valence-electron chi connectivity index (χ4n) is 7.08. The number of carbonyl (C=O) groups excluding carboxylic acids is 4. The summed E-state index contributed by atoms with van der Waals surface area (Å²) in [5.74, 6) is 2.36. The van der Waals surface area contributed by atoms with E-state index in [1.807, 2.05) is 112 Å². The van der Waals surface area contributed by atoms with Crippen molar-refractivity contribution in [2.75, 3.05) is 52.4 Å². The largest absolute Gasteiger partial charge is 0.457 e. The molecule has 364 valence electrons. The normalized spacial score (nSPS) is 14.3. The first-order valence-corrected chi connectivity index (χ1v) is 23.2. The molecule has 0 unspecified atom stereocenters. The highest BCUT2D eigenvalue weighted by atomic mass is 35.5. The van der Waals surface area contributed by atoms with Crippen LogP contribution in [-0.2, 0) is 22.6 Å². The Bertz CT molecular complexity index is 2560. The van der Waals surface area contributed by atoms with Gasteiger partial charge in [0.2, 0.25) is 0 Å². The maximum Gasteiger partial charge on any atom is 0.359 e. The van der Waals surface area contributed by atoms with E-state index in [1.165, 1.54) is 28.7 Å². The molecule has 0 atom stereocenters. The maximum absolute atomic E-state index is 12.8. The summed E-state index contributed by atoms with van der Waals surface area (Å²) >= 11 is 5.51. The summed E-state index contributed by atoms with van der Waals surface area (Å²) in [4.78, 5) is 55.4. The number of aromatic amines is 1. The van der Waals surface area contributed by atoms with Crippen LogP contribution in [0.15, 0.2) is 134 Å². The third-order valence-corrected chi connectivity index (χ3v) is 10.6. The summed E-state index contributed by atoms with van der Waals surface area (Å²) in [5, 5.41) is 9.95. The summed E-state index contributed by atoms with van der Waals surface area (Å²) in [6.07, 6.45) is 3.02. The van der Waals surface area contributed by atoms with Gasteiger partial charge in [-0.3, -0.25) is 19.7 Å². The quantitative estimate of drug-likeness (QED) is 0.0787. The molecule has 16 nitrogen and oxygen atoms in total. The third-order valence-electron chi connectivity index (χ3n) is 10.3. The number of hydrogen-bond acceptors (Lipinski definition) is 12. The molecule has 2 aromatic heterocycles. The van der Waals surface area contributed by atoms with Gasteiger partial charge < -0.3 is 28.7 Å². The van der Waals surface area contributed by atoms with Crippen molar-refractivity contribution in [2.24, 2.45) is 0 Å². The lowest BCUT2D eigenvalue weighted by atomic mass is 10.2. The molecule has 2 amide bonds. The molecule has 8 rings (SSSR count). The average Bonchev–Trinajstić information content (AvgIpc) is 4.05. The molecule has 17 heteroatoms. The first kappa shape index (κ1) is 51.4. The smallest absolute Gasteiger partial charge is 0.359 e. The van der Waals surface area contributed by atoms with Crippen molar-refractivity contribution >= 4 is 34.9 Å². The van der Waals surface area contributed by atoms with Gasteiger partial charge in [-0.1, -0.05) is 60.7 Å². The molecule has 1 N–H and O–H groups in total. The van der Waals surface area contributed by atoms with Crippen LogP contribution in [0.3, 0.4) is 0 Å². The standard InChI is InChI=1S/C26H30N4O4.C18H19ClN2O2.C8H12N2O2/c1-26(2,3)34-24(31)23-12-13-30(27-23)25(32)29-16-14-28(15-17-29)19-20-8-7-11-22(18-20)33-21-9-5-4-6-10-21;19-18(22)21-11-9-20(10-12-21)14-15-5-4-8-17(13-15)23-16-6-2-1-3-7-16;1-8(2,3)12-7(11)6-4-5-9-10-6/h4-13,18H,14-17,19H2,1-3H3;1-8,13H,9-12,14H2;4-5H,1-3H3,(H,9,10). The van der Waals surface area contributed by atoms with Gasteiger partial charge in [-0.15, -0.1) is 0 Å². The zero-order valence-corrected chi connectivity index (χ0v) is 40.8. The summed E-state index contributed by atoms with van der Waals surface area (Å²) < 4.78 is 23.4. The van der Waals surface area contributed by atoms with Crippen LogP contribution in [0.4, 0.5) is 9.59 Å². The number of halogens is 1. The van der Waals surface area contributed by atoms with Crippen LogP contribution in [0, 0.1) is 0 Å². The number of H-pyrrole nitrogens is 1. The zero-order valence-electron chi connectivity index (χ0n) is 40.0. The fraction of sp³-hybridized carbons (Fsp3) is 0.346. The second-order valence-corrected chi connectivity index (χ2v) is 18.6. The molecule has 0 aliphatic carbocycles. The van der Waals surface area contributed by atoms with E-state index in [1.54, 1.807) is 36.6 Å². The molecule has 0 radical (unpaired) electrons. The minimum atomic E-state index is -0.617. The number of rotatable bonds is 10. The highest BCUT2D eigenvalue weighted by Crippen LogP contribution is 2.25. The molecule has 4 aromatic carbocycles. The molecular weight excluding hydrogens is 900 g/mol. The lowest BCUT2D eigenvalue weighted by Crippen LogP contribution is -2.49. The van der Waals surface area contributed by atoms with E-state index in [0.717, 1.165) is 67.8 Å². The van der Waals surface area contributed by atoms with E-state index in [0.29, 0.717) is 31.9 Å². The van der Waals surface area contributed by atoms with Crippen LogP contribution < -0.4 is 9.47 Å². The molecule has 6 aromatic rings. The van der Waals surface area contributed by atoms with Crippen LogP contribution in [0.2, 0.25) is 0 Å². The van der Waals surface area contributed by atoms with E-state index in [9.17, 15) is 19.2 Å². The molecule has 2 aliphatic heterocycles. The minimum Gasteiger partial charge on any atom is -0.457 e. The van der Waals surface area contributed by atoms with Gasteiger partial charge in [-0.05, 0) is 125 Å². The van der Waals surface area contributed by atoms with E-state index < -0.39 is 17.2 Å². The van der Waals surface area contributed by atoms with Gasteiger partial charge in [0.1, 0.15) is 39.9 Å². The summed E-state index contributed by atoms with van der Waals surface area (Å²) in [6, 6.07) is 38.5. The molecule has 0 saturated carbocycles. The van der Waals surface area contributed by atoms with E-state index in [2.05, 4.69) is 43.3 Å². The number of benzene rings is 4. The van der Waals surface area contributed by atoms with Gasteiger partial charge in [0.25, 0.3) is 0 Å². The predicted molar refractivity (Wildman–Crippen MR) is 263 cm³/mol. The highest BCUT2D eigenvalue weighted by Gasteiger charge is 2.26. The Morgan fingerprint density at radius 3 is 1.48 bits per heavy atom. The maximum atomic E-state index is 12.8. The van der Waals surface area contributed by atoms with Gasteiger partial charge >= 0.3 is 23.3 Å². The highest BCUT2D eigenvalue weighted by molar-refractivity contribution is 6.62. The molecule has 4 heterocycles. The number of nitrogens with zero attached hydrogens (tertiary/aromatic N) is 7. The topological polar surface area (TPSA) is 165 Å². The second-order valence-electron chi connectivity index (χ2n) is 18.3. The summed E-state index contributed by atoms with van der Waals surface area (Å²) in [5.41, 5.74) is 1.78. The van der Waals surface area contributed by atoms with Crippen molar-refractivity contribution in [1.82, 2.24) is 39.6 Å². The van der Waals surface area contributed by atoms with Gasteiger partial charge in [0, 0.05) is 77.8 Å². The molecule has 0 bridgehead atoms. The number of nitrogens with one attached hydrogen (secondary N) is 1. The van der Waals surface area contributed by atoms with Crippen molar-refractivity contribution in [3.8, 4) is 23.0 Å². The molecular formula is C52H61ClN8O8. The molecule has 2 saturated heterocycles. The lowest BCUT2D eigenvalue weighted by molar-refractivity contribution is 0.00501. The minimum absolute atomic E-state index is 0.125. The van der Waals surface area contributed by atoms with Gasteiger partial charge in [0.05, 0.1) is 0 Å². The van der Waals surface area contributed by atoms with Crippen molar-refractivity contribution < 1.29 is 38.1 Å². The Morgan fingerprint density at radius 2 is 1.03 bits per heavy atom. The van der Waals surface area contributed by atoms with E-state index in [4.69, 9.17) is 30.5 Å².